The largest absolute Gasteiger partial charge is 0.467 e. The smallest absolute Gasteiger partial charge is 0.408 e. The lowest BCUT2D eigenvalue weighted by Gasteiger charge is -2.32. The molecule has 0 aromatic heterocycles. The van der Waals surface area contributed by atoms with Crippen molar-refractivity contribution in [2.75, 3.05) is 13.7 Å². The third-order valence-corrected chi connectivity index (χ3v) is 4.67. The van der Waals surface area contributed by atoms with Crippen LogP contribution in [0.15, 0.2) is 12.7 Å². The Hall–Kier alpha value is -2.13. The molecular formula is C21H36N2O7. The Labute approximate surface area is 178 Å². The summed E-state index contributed by atoms with van der Waals surface area (Å²) in [4.78, 5) is 39.0. The molecule has 0 aromatic rings. The number of nitrogens with one attached hydrogen (secondary N) is 1. The number of rotatable bonds is 9. The molecule has 1 heterocycles. The van der Waals surface area contributed by atoms with Crippen molar-refractivity contribution in [2.45, 2.75) is 89.9 Å². The zero-order chi connectivity index (χ0) is 23.1. The summed E-state index contributed by atoms with van der Waals surface area (Å²) >= 11 is 0. The number of hydrogen-bond acceptors (Lipinski definition) is 7. The maximum atomic E-state index is 13.3. The van der Waals surface area contributed by atoms with Crippen LogP contribution in [0.3, 0.4) is 0 Å². The van der Waals surface area contributed by atoms with Crippen LogP contribution in [-0.4, -0.2) is 77.6 Å². The Morgan fingerprint density at radius 2 is 1.93 bits per heavy atom. The first-order valence-corrected chi connectivity index (χ1v) is 10.2. The summed E-state index contributed by atoms with van der Waals surface area (Å²) in [5.41, 5.74) is -0.753. The average molecular weight is 429 g/mol. The van der Waals surface area contributed by atoms with E-state index in [0.29, 0.717) is 6.42 Å². The van der Waals surface area contributed by atoms with Crippen molar-refractivity contribution in [2.24, 2.45) is 0 Å². The van der Waals surface area contributed by atoms with Gasteiger partial charge in [0.15, 0.2) is 0 Å². The van der Waals surface area contributed by atoms with Gasteiger partial charge in [-0.1, -0.05) is 6.08 Å². The Bertz CT molecular complexity index is 617. The molecular weight excluding hydrogens is 392 g/mol. The number of nitrogens with zero attached hydrogens (tertiary/aromatic N) is 1. The van der Waals surface area contributed by atoms with Gasteiger partial charge in [-0.15, -0.1) is 6.58 Å². The van der Waals surface area contributed by atoms with Gasteiger partial charge in [-0.05, 0) is 47.5 Å². The third kappa shape index (κ3) is 7.95. The van der Waals surface area contributed by atoms with Gasteiger partial charge in [0.2, 0.25) is 5.91 Å². The molecule has 2 amide bonds. The minimum Gasteiger partial charge on any atom is -0.467 e. The lowest BCUT2D eigenvalue weighted by molar-refractivity contribution is -0.153. The summed E-state index contributed by atoms with van der Waals surface area (Å²) in [6.07, 6.45) is 0.771. The molecule has 0 aromatic carbocycles. The molecule has 5 atom stereocenters. The first-order valence-electron chi connectivity index (χ1n) is 10.2. The number of aliphatic hydroxyl groups is 1. The summed E-state index contributed by atoms with van der Waals surface area (Å²) in [6, 6.07) is -2.03. The molecule has 2 N–H and O–H groups in total. The highest BCUT2D eigenvalue weighted by Gasteiger charge is 2.44. The third-order valence-electron chi connectivity index (χ3n) is 4.67. The Morgan fingerprint density at radius 3 is 2.47 bits per heavy atom. The lowest BCUT2D eigenvalue weighted by atomic mass is 10.1. The zero-order valence-corrected chi connectivity index (χ0v) is 18.8. The highest BCUT2D eigenvalue weighted by atomic mass is 16.6. The van der Waals surface area contributed by atoms with Gasteiger partial charge >= 0.3 is 12.1 Å². The van der Waals surface area contributed by atoms with Crippen LogP contribution in [-0.2, 0) is 23.8 Å². The van der Waals surface area contributed by atoms with Gasteiger partial charge in [-0.2, -0.15) is 0 Å². The molecule has 1 aliphatic heterocycles. The number of hydrogen-bond donors (Lipinski definition) is 2. The first-order chi connectivity index (χ1) is 13.9. The fraction of sp³-hybridized carbons (Fsp3) is 0.762. The Morgan fingerprint density at radius 1 is 1.30 bits per heavy atom. The number of amides is 2. The molecule has 0 aliphatic carbocycles. The van der Waals surface area contributed by atoms with E-state index < -0.39 is 47.9 Å². The quantitative estimate of drug-likeness (QED) is 0.425. The molecule has 172 valence electrons. The number of carbonyl (C=O) groups excluding carboxylic acids is 3. The van der Waals surface area contributed by atoms with Crippen LogP contribution < -0.4 is 5.32 Å². The summed E-state index contributed by atoms with van der Waals surface area (Å²) in [6.45, 7) is 12.3. The van der Waals surface area contributed by atoms with Crippen LogP contribution in [0.1, 0.15) is 53.9 Å². The van der Waals surface area contributed by atoms with E-state index in [1.54, 1.807) is 33.8 Å². The molecule has 1 fully saturated rings. The molecule has 0 radical (unpaired) electrons. The molecule has 0 saturated carbocycles. The van der Waals surface area contributed by atoms with E-state index in [4.69, 9.17) is 14.2 Å². The van der Waals surface area contributed by atoms with Crippen molar-refractivity contribution in [3.8, 4) is 0 Å². The van der Waals surface area contributed by atoms with Crippen molar-refractivity contribution in [1.29, 1.82) is 0 Å². The lowest BCUT2D eigenvalue weighted by Crippen LogP contribution is -2.57. The van der Waals surface area contributed by atoms with E-state index in [-0.39, 0.29) is 19.1 Å². The molecule has 2 unspecified atom stereocenters. The van der Waals surface area contributed by atoms with Gasteiger partial charge in [0.25, 0.3) is 0 Å². The second-order valence-corrected chi connectivity index (χ2v) is 8.56. The summed E-state index contributed by atoms with van der Waals surface area (Å²) in [5.74, 6) is -1.17. The first kappa shape index (κ1) is 25.9. The number of allylic oxidation sites excluding steroid dienone is 1. The number of alkyl carbamates (subject to hydrolysis) is 1. The van der Waals surface area contributed by atoms with E-state index in [1.807, 2.05) is 6.92 Å². The number of ether oxygens (including phenoxy) is 3. The van der Waals surface area contributed by atoms with Gasteiger partial charge in [0.05, 0.1) is 25.4 Å². The van der Waals surface area contributed by atoms with Crippen LogP contribution in [0.5, 0.6) is 0 Å². The fourth-order valence-electron chi connectivity index (χ4n) is 3.28. The second-order valence-electron chi connectivity index (χ2n) is 8.56. The average Bonchev–Trinajstić information content (AvgIpc) is 3.03. The minimum atomic E-state index is -1.11. The molecule has 0 spiro atoms. The number of esters is 1. The van der Waals surface area contributed by atoms with Gasteiger partial charge in [0.1, 0.15) is 17.7 Å². The highest BCUT2D eigenvalue weighted by Crippen LogP contribution is 2.22. The maximum Gasteiger partial charge on any atom is 0.408 e. The number of β-amino-alcohol motifs (C(OH)–C–C–N with tert-alkyl or cyclic N) is 1. The molecule has 0 bridgehead atoms. The number of likely N-dealkylation sites (tertiary alicyclic amines) is 1. The van der Waals surface area contributed by atoms with Gasteiger partial charge in [-0.3, -0.25) is 4.79 Å². The van der Waals surface area contributed by atoms with E-state index >= 15 is 0 Å². The highest BCUT2D eigenvalue weighted by molar-refractivity contribution is 5.90. The van der Waals surface area contributed by atoms with Crippen LogP contribution in [0.4, 0.5) is 4.79 Å². The predicted octanol–water partition coefficient (Wildman–Crippen LogP) is 1.77. The summed E-state index contributed by atoms with van der Waals surface area (Å²) < 4.78 is 16.0. The van der Waals surface area contributed by atoms with Gasteiger partial charge < -0.3 is 29.5 Å². The van der Waals surface area contributed by atoms with Crippen molar-refractivity contribution in [3.63, 3.8) is 0 Å². The number of carbonyl (C=O) groups is 3. The number of methoxy groups -OCH3 is 1. The fourth-order valence-corrected chi connectivity index (χ4v) is 3.28. The monoisotopic (exact) mass is 428 g/mol. The second kappa shape index (κ2) is 11.3. The topological polar surface area (TPSA) is 114 Å². The van der Waals surface area contributed by atoms with Crippen molar-refractivity contribution in [1.82, 2.24) is 10.2 Å². The maximum absolute atomic E-state index is 13.3. The molecule has 30 heavy (non-hydrogen) atoms. The van der Waals surface area contributed by atoms with Crippen LogP contribution in [0.25, 0.3) is 0 Å². The predicted molar refractivity (Wildman–Crippen MR) is 111 cm³/mol. The summed E-state index contributed by atoms with van der Waals surface area (Å²) in [5, 5.41) is 12.6. The zero-order valence-electron chi connectivity index (χ0n) is 18.8. The van der Waals surface area contributed by atoms with E-state index in [2.05, 4.69) is 11.9 Å². The normalized spacial score (nSPS) is 22.0. The van der Waals surface area contributed by atoms with Crippen LogP contribution in [0.2, 0.25) is 0 Å². The molecule has 1 rings (SSSR count). The standard InChI is InChI=1S/C21H36N2O7/c1-8-9-10-13(2)29-14(3)17(22-20(27)30-21(4,5)6)18(25)23-12-15(24)11-16(23)19(26)28-7/h8,13-17,24H,1,9-12H2,2-7H3,(H,22,27)/t13-,14+,15?,16?,17+/m1/s1. The van der Waals surface area contributed by atoms with E-state index in [9.17, 15) is 19.5 Å². The number of aliphatic hydroxyl groups excluding tert-OH is 1. The SMILES string of the molecule is C=CCC[C@@H](C)O[C@@H](C)[C@H](NC(=O)OC(C)(C)C)C(=O)N1CC(O)CC1C(=O)OC. The van der Waals surface area contributed by atoms with Gasteiger partial charge in [-0.25, -0.2) is 9.59 Å². The molecule has 1 saturated heterocycles. The van der Waals surface area contributed by atoms with Crippen LogP contribution >= 0.6 is 0 Å². The summed E-state index contributed by atoms with van der Waals surface area (Å²) in [7, 11) is 1.22. The molecule has 1 aliphatic rings. The van der Waals surface area contributed by atoms with Gasteiger partial charge in [0, 0.05) is 13.0 Å². The van der Waals surface area contributed by atoms with E-state index in [0.717, 1.165) is 6.42 Å². The minimum absolute atomic E-state index is 0.0379. The Kier molecular flexibility index (Phi) is 9.77. The van der Waals surface area contributed by atoms with E-state index in [1.165, 1.54) is 12.0 Å². The Balaban J connectivity index is 3.05. The van der Waals surface area contributed by atoms with Crippen molar-refractivity contribution >= 4 is 18.0 Å². The van der Waals surface area contributed by atoms with Crippen molar-refractivity contribution < 1.29 is 33.7 Å². The molecule has 9 nitrogen and oxygen atoms in total. The van der Waals surface area contributed by atoms with Crippen molar-refractivity contribution in [3.05, 3.63) is 12.7 Å². The van der Waals surface area contributed by atoms with Crippen LogP contribution in [0, 0.1) is 0 Å². The molecule has 9 heteroatoms.